The van der Waals surface area contributed by atoms with Gasteiger partial charge in [-0.3, -0.25) is 14.3 Å². The number of hydrogen-bond donors (Lipinski definition) is 3. The number of anilines is 1. The smallest absolute Gasteiger partial charge is 0.267 e. The van der Waals surface area contributed by atoms with Crippen molar-refractivity contribution in [2.45, 2.75) is 34.6 Å². The number of halogens is 1. The van der Waals surface area contributed by atoms with Crippen LogP contribution in [0.4, 0.5) is 10.1 Å². The molecule has 0 aliphatic heterocycles. The molecule has 0 atom stereocenters. The third-order valence-corrected chi connectivity index (χ3v) is 7.36. The van der Waals surface area contributed by atoms with Gasteiger partial charge in [0.1, 0.15) is 22.8 Å². The van der Waals surface area contributed by atoms with Gasteiger partial charge in [-0.2, -0.15) is 0 Å². The van der Waals surface area contributed by atoms with Crippen LogP contribution in [0.15, 0.2) is 47.4 Å². The van der Waals surface area contributed by atoms with Crippen LogP contribution >= 0.6 is 0 Å². The molecular weight excluding hydrogens is 511 g/mol. The number of pyridine rings is 1. The highest BCUT2D eigenvalue weighted by Crippen LogP contribution is 2.36. The first-order chi connectivity index (χ1) is 17.9. The quantitative estimate of drug-likeness (QED) is 0.299. The van der Waals surface area contributed by atoms with Crippen LogP contribution in [0.25, 0.3) is 16.7 Å². The van der Waals surface area contributed by atoms with E-state index in [0.29, 0.717) is 45.9 Å². The second kappa shape index (κ2) is 10.3. The maximum atomic E-state index is 13.9. The van der Waals surface area contributed by atoms with Gasteiger partial charge in [0.15, 0.2) is 5.75 Å². The van der Waals surface area contributed by atoms with Gasteiger partial charge in [0.05, 0.1) is 22.6 Å². The van der Waals surface area contributed by atoms with Crippen LogP contribution in [0.3, 0.4) is 0 Å². The topological polar surface area (TPSA) is 122 Å². The first-order valence-electron chi connectivity index (χ1n) is 12.1. The highest BCUT2D eigenvalue weighted by Gasteiger charge is 2.20. The second-order valence-electron chi connectivity index (χ2n) is 8.97. The number of fused-ring (bicyclic) bond motifs is 1. The number of carbonyl (C=O) groups excluding carboxylic acids is 1. The Bertz CT molecular complexity index is 1700. The number of nitrogens with one attached hydrogen (secondary N) is 3. The number of carbonyl (C=O) groups is 1. The van der Waals surface area contributed by atoms with Gasteiger partial charge < -0.3 is 19.6 Å². The summed E-state index contributed by atoms with van der Waals surface area (Å²) in [4.78, 5) is 28.4. The maximum absolute atomic E-state index is 13.9. The summed E-state index contributed by atoms with van der Waals surface area (Å²) in [7, 11) is -3.58. The van der Waals surface area contributed by atoms with Crippen molar-refractivity contribution in [1.82, 2.24) is 14.9 Å². The number of H-pyrrole nitrogens is 1. The summed E-state index contributed by atoms with van der Waals surface area (Å²) in [6, 6.07) is 9.02. The van der Waals surface area contributed by atoms with Crippen molar-refractivity contribution in [3.63, 3.8) is 0 Å². The Morgan fingerprint density at radius 1 is 1.05 bits per heavy atom. The molecule has 0 saturated carbocycles. The van der Waals surface area contributed by atoms with Crippen molar-refractivity contribution in [3.05, 3.63) is 81.0 Å². The normalized spacial score (nSPS) is 11.5. The molecule has 3 N–H and O–H groups in total. The number of aromatic amines is 1. The van der Waals surface area contributed by atoms with Gasteiger partial charge in [-0.25, -0.2) is 12.8 Å². The van der Waals surface area contributed by atoms with Gasteiger partial charge in [0.2, 0.25) is 15.5 Å². The van der Waals surface area contributed by atoms with E-state index in [4.69, 9.17) is 4.74 Å². The molecule has 2 aromatic heterocycles. The maximum Gasteiger partial charge on any atom is 0.267 e. The Morgan fingerprint density at radius 2 is 1.74 bits per heavy atom. The number of rotatable bonds is 8. The fourth-order valence-electron chi connectivity index (χ4n) is 4.18. The average molecular weight is 541 g/mol. The third kappa shape index (κ3) is 5.28. The Hall–Kier alpha value is -4.12. The molecule has 4 rings (SSSR count). The van der Waals surface area contributed by atoms with Crippen LogP contribution in [0.1, 0.15) is 41.0 Å². The van der Waals surface area contributed by atoms with E-state index in [-0.39, 0.29) is 39.8 Å². The standard InChI is InChI=1S/C27H29FN4O5S/c1-6-29-27(34)20-13-22-24(30-20)25(33)17(5)14-32(22)21-12-19(31-38(35,36)7-2)8-9-23(21)37-26-15(3)10-18(28)11-16(26)4/h8-14,30-31H,6-7H2,1-5H3,(H,29,34). The minimum atomic E-state index is -3.58. The molecule has 4 aromatic rings. The number of nitrogens with zero attached hydrogens (tertiary/aromatic N) is 1. The molecule has 11 heteroatoms. The molecule has 200 valence electrons. The van der Waals surface area contributed by atoms with Crippen LogP contribution in [0.2, 0.25) is 0 Å². The summed E-state index contributed by atoms with van der Waals surface area (Å²) in [5, 5.41) is 2.70. The molecule has 38 heavy (non-hydrogen) atoms. The SMILES string of the molecule is CCNC(=O)c1cc2c([nH]1)c(=O)c(C)cn2-c1cc(NS(=O)(=O)CC)ccc1Oc1c(C)cc(F)cc1C. The molecule has 2 aromatic carbocycles. The zero-order chi connectivity index (χ0) is 27.8. The number of ether oxygens (including phenoxy) is 1. The molecule has 0 spiro atoms. The van der Waals surface area contributed by atoms with Gasteiger partial charge in [-0.05, 0) is 82.1 Å². The molecule has 0 radical (unpaired) electrons. The number of amides is 1. The first kappa shape index (κ1) is 26.9. The lowest BCUT2D eigenvalue weighted by atomic mass is 10.1. The van der Waals surface area contributed by atoms with Crippen LogP contribution in [-0.2, 0) is 10.0 Å². The minimum absolute atomic E-state index is 0.121. The van der Waals surface area contributed by atoms with Crippen molar-refractivity contribution in [1.29, 1.82) is 0 Å². The number of aromatic nitrogens is 2. The van der Waals surface area contributed by atoms with E-state index < -0.39 is 10.0 Å². The number of benzene rings is 2. The Balaban J connectivity index is 1.98. The zero-order valence-corrected chi connectivity index (χ0v) is 22.5. The fourth-order valence-corrected chi connectivity index (χ4v) is 4.81. The molecule has 0 fully saturated rings. The lowest BCUT2D eigenvalue weighted by molar-refractivity contribution is 0.0951. The van der Waals surface area contributed by atoms with Crippen molar-refractivity contribution in [2.75, 3.05) is 17.0 Å². The van der Waals surface area contributed by atoms with Crippen LogP contribution < -0.4 is 20.2 Å². The van der Waals surface area contributed by atoms with Gasteiger partial charge >= 0.3 is 0 Å². The predicted octanol–water partition coefficient (Wildman–Crippen LogP) is 4.69. The van der Waals surface area contributed by atoms with Crippen LogP contribution in [0.5, 0.6) is 11.5 Å². The number of hydrogen-bond acceptors (Lipinski definition) is 5. The third-order valence-electron chi connectivity index (χ3n) is 6.06. The van der Waals surface area contributed by atoms with E-state index in [9.17, 15) is 22.4 Å². The Labute approximate surface area is 219 Å². The fraction of sp³-hybridized carbons (Fsp3) is 0.259. The summed E-state index contributed by atoms with van der Waals surface area (Å²) in [5.74, 6) is -0.109. The first-order valence-corrected chi connectivity index (χ1v) is 13.7. The van der Waals surface area contributed by atoms with E-state index in [2.05, 4.69) is 15.0 Å². The van der Waals surface area contributed by atoms with E-state index >= 15 is 0 Å². The van der Waals surface area contributed by atoms with Crippen molar-refractivity contribution < 1.29 is 22.3 Å². The van der Waals surface area contributed by atoms with Gasteiger partial charge in [0, 0.05) is 18.3 Å². The van der Waals surface area contributed by atoms with Gasteiger partial charge in [0.25, 0.3) is 5.91 Å². The molecule has 0 aliphatic rings. The van der Waals surface area contributed by atoms with E-state index in [0.717, 1.165) is 0 Å². The number of aryl methyl sites for hydroxylation is 3. The highest BCUT2D eigenvalue weighted by atomic mass is 32.2. The molecule has 0 aliphatic carbocycles. The summed E-state index contributed by atoms with van der Waals surface area (Å²) in [6.45, 7) is 8.81. The van der Waals surface area contributed by atoms with Crippen molar-refractivity contribution in [2.24, 2.45) is 0 Å². The molecule has 0 saturated heterocycles. The van der Waals surface area contributed by atoms with Crippen molar-refractivity contribution in [3.8, 4) is 17.2 Å². The second-order valence-corrected chi connectivity index (χ2v) is 11.0. The lowest BCUT2D eigenvalue weighted by Crippen LogP contribution is -2.22. The van der Waals surface area contributed by atoms with Crippen LogP contribution in [0, 0.1) is 26.6 Å². The van der Waals surface area contributed by atoms with E-state index in [1.165, 1.54) is 19.1 Å². The summed E-state index contributed by atoms with van der Waals surface area (Å²) >= 11 is 0. The van der Waals surface area contributed by atoms with Gasteiger partial charge in [-0.15, -0.1) is 0 Å². The zero-order valence-electron chi connectivity index (χ0n) is 21.7. The monoisotopic (exact) mass is 540 g/mol. The summed E-state index contributed by atoms with van der Waals surface area (Å²) in [5.41, 5.74) is 2.76. The minimum Gasteiger partial charge on any atom is -0.455 e. The van der Waals surface area contributed by atoms with Crippen molar-refractivity contribution >= 4 is 32.7 Å². The van der Waals surface area contributed by atoms with E-state index in [1.807, 2.05) is 0 Å². The summed E-state index contributed by atoms with van der Waals surface area (Å²) < 4.78 is 49.0. The van der Waals surface area contributed by atoms with Crippen LogP contribution in [-0.4, -0.2) is 36.2 Å². The molecule has 9 nitrogen and oxygen atoms in total. The molecular formula is C27H29FN4O5S. The molecule has 2 heterocycles. The Kier molecular flexibility index (Phi) is 7.32. The molecule has 0 bridgehead atoms. The highest BCUT2D eigenvalue weighted by molar-refractivity contribution is 7.92. The number of sulfonamides is 1. The molecule has 1 amide bonds. The van der Waals surface area contributed by atoms with E-state index in [1.54, 1.807) is 62.7 Å². The van der Waals surface area contributed by atoms with Gasteiger partial charge in [-0.1, -0.05) is 0 Å². The summed E-state index contributed by atoms with van der Waals surface area (Å²) in [6.07, 6.45) is 1.60. The predicted molar refractivity (Wildman–Crippen MR) is 146 cm³/mol. The largest absolute Gasteiger partial charge is 0.455 e. The lowest BCUT2D eigenvalue weighted by Gasteiger charge is -2.19. The Morgan fingerprint density at radius 3 is 2.37 bits per heavy atom. The average Bonchev–Trinajstić information content (AvgIpc) is 3.30. The molecule has 0 unspecified atom stereocenters.